The quantitative estimate of drug-likeness (QED) is 0.669. The van der Waals surface area contributed by atoms with Crippen molar-refractivity contribution in [2.24, 2.45) is 0 Å². The van der Waals surface area contributed by atoms with Crippen LogP contribution in [0.15, 0.2) is 36.4 Å². The first-order valence-corrected chi connectivity index (χ1v) is 5.46. The van der Waals surface area contributed by atoms with Gasteiger partial charge in [0.25, 0.3) is 0 Å². The monoisotopic (exact) mass is 263 g/mol. The third kappa shape index (κ3) is 2.54. The normalized spacial score (nSPS) is 10.3. The van der Waals surface area contributed by atoms with Crippen molar-refractivity contribution < 1.29 is 18.3 Å². The Balaban J connectivity index is 2.51. The number of carbonyl (C=O) groups excluding carboxylic acids is 1. The average Bonchev–Trinajstić information content (AvgIpc) is 2.38. The van der Waals surface area contributed by atoms with E-state index in [0.717, 1.165) is 19.2 Å². The fourth-order valence-electron chi connectivity index (χ4n) is 1.71. The number of halogens is 2. The van der Waals surface area contributed by atoms with E-state index in [-0.39, 0.29) is 0 Å². The Bertz CT molecular complexity index is 601. The van der Waals surface area contributed by atoms with E-state index in [0.29, 0.717) is 16.8 Å². The molecule has 98 valence electrons. The van der Waals surface area contributed by atoms with Gasteiger partial charge in [-0.1, -0.05) is 12.1 Å². The molecular formula is C14H11F2NO2. The lowest BCUT2D eigenvalue weighted by Gasteiger charge is -2.07. The minimum atomic E-state index is -1.04. The lowest BCUT2D eigenvalue weighted by molar-refractivity contribution is 0.0590. The number of carbonyl (C=O) groups is 1. The maximum absolute atomic E-state index is 13.7. The Kier molecular flexibility index (Phi) is 3.46. The van der Waals surface area contributed by atoms with Crippen molar-refractivity contribution >= 4 is 11.7 Å². The van der Waals surface area contributed by atoms with Gasteiger partial charge in [0.2, 0.25) is 0 Å². The van der Waals surface area contributed by atoms with Gasteiger partial charge in [-0.3, -0.25) is 0 Å². The van der Waals surface area contributed by atoms with Crippen LogP contribution in [0.4, 0.5) is 14.5 Å². The molecule has 2 rings (SSSR count). The Morgan fingerprint density at radius 3 is 2.05 bits per heavy atom. The highest BCUT2D eigenvalue weighted by Gasteiger charge is 2.19. The van der Waals surface area contributed by atoms with E-state index >= 15 is 0 Å². The maximum Gasteiger partial charge on any atom is 0.343 e. The predicted octanol–water partition coefficient (Wildman–Crippen LogP) is 3.00. The van der Waals surface area contributed by atoms with Crippen LogP contribution in [-0.4, -0.2) is 13.1 Å². The Hall–Kier alpha value is -2.43. The molecule has 0 radical (unpaired) electrons. The van der Waals surface area contributed by atoms with Crippen LogP contribution < -0.4 is 5.73 Å². The number of esters is 1. The van der Waals surface area contributed by atoms with Gasteiger partial charge in [0.15, 0.2) is 0 Å². The molecule has 0 aliphatic rings. The molecule has 0 atom stereocenters. The van der Waals surface area contributed by atoms with E-state index in [1.54, 1.807) is 24.3 Å². The third-order valence-corrected chi connectivity index (χ3v) is 2.68. The highest BCUT2D eigenvalue weighted by atomic mass is 19.1. The van der Waals surface area contributed by atoms with Gasteiger partial charge in [0.1, 0.15) is 17.2 Å². The van der Waals surface area contributed by atoms with Crippen LogP contribution in [-0.2, 0) is 4.74 Å². The van der Waals surface area contributed by atoms with Crippen molar-refractivity contribution in [1.29, 1.82) is 0 Å². The molecule has 2 aromatic carbocycles. The Morgan fingerprint density at radius 2 is 1.58 bits per heavy atom. The van der Waals surface area contributed by atoms with Crippen LogP contribution in [0.3, 0.4) is 0 Å². The number of benzene rings is 2. The number of hydrogen-bond acceptors (Lipinski definition) is 3. The van der Waals surface area contributed by atoms with Gasteiger partial charge in [-0.05, 0) is 35.4 Å². The van der Waals surface area contributed by atoms with Crippen molar-refractivity contribution in [3.8, 4) is 11.1 Å². The first kappa shape index (κ1) is 13.0. The first-order chi connectivity index (χ1) is 9.02. The molecule has 5 heteroatoms. The molecule has 0 heterocycles. The smallest absolute Gasteiger partial charge is 0.343 e. The molecule has 0 aliphatic heterocycles. The van der Waals surface area contributed by atoms with E-state index < -0.39 is 23.2 Å². The average molecular weight is 263 g/mol. The summed E-state index contributed by atoms with van der Waals surface area (Å²) in [6.07, 6.45) is 0. The molecule has 0 spiro atoms. The van der Waals surface area contributed by atoms with Crippen LogP contribution in [0.25, 0.3) is 11.1 Å². The van der Waals surface area contributed by atoms with Gasteiger partial charge in [-0.25, -0.2) is 13.6 Å². The molecule has 0 aliphatic carbocycles. The van der Waals surface area contributed by atoms with Crippen molar-refractivity contribution in [2.75, 3.05) is 12.8 Å². The molecule has 2 N–H and O–H groups in total. The minimum absolute atomic E-state index is 0.322. The Labute approximate surface area is 108 Å². The van der Waals surface area contributed by atoms with E-state index in [2.05, 4.69) is 4.74 Å². The summed E-state index contributed by atoms with van der Waals surface area (Å²) >= 11 is 0. The summed E-state index contributed by atoms with van der Waals surface area (Å²) in [4.78, 5) is 11.2. The van der Waals surface area contributed by atoms with Crippen molar-refractivity contribution in [3.05, 3.63) is 53.6 Å². The van der Waals surface area contributed by atoms with Gasteiger partial charge >= 0.3 is 5.97 Å². The maximum atomic E-state index is 13.7. The SMILES string of the molecule is COC(=O)c1c(F)cc(-c2ccc(N)cc2)cc1F. The molecule has 19 heavy (non-hydrogen) atoms. The number of ether oxygens (including phenoxy) is 1. The van der Waals surface area contributed by atoms with Crippen molar-refractivity contribution in [1.82, 2.24) is 0 Å². The van der Waals surface area contributed by atoms with Crippen molar-refractivity contribution in [3.63, 3.8) is 0 Å². The van der Waals surface area contributed by atoms with Crippen molar-refractivity contribution in [2.45, 2.75) is 0 Å². The lowest BCUT2D eigenvalue weighted by Crippen LogP contribution is -2.08. The fourth-order valence-corrected chi connectivity index (χ4v) is 1.71. The fraction of sp³-hybridized carbons (Fsp3) is 0.0714. The van der Waals surface area contributed by atoms with E-state index in [1.807, 2.05) is 0 Å². The summed E-state index contributed by atoms with van der Waals surface area (Å²) < 4.78 is 31.8. The lowest BCUT2D eigenvalue weighted by atomic mass is 10.0. The largest absolute Gasteiger partial charge is 0.465 e. The van der Waals surface area contributed by atoms with Gasteiger partial charge in [-0.2, -0.15) is 0 Å². The second-order valence-corrected chi connectivity index (χ2v) is 3.93. The summed E-state index contributed by atoms with van der Waals surface area (Å²) in [6.45, 7) is 0. The van der Waals surface area contributed by atoms with Gasteiger partial charge in [-0.15, -0.1) is 0 Å². The van der Waals surface area contributed by atoms with Crippen LogP contribution in [0.5, 0.6) is 0 Å². The standard InChI is InChI=1S/C14H11F2NO2/c1-19-14(18)13-11(15)6-9(7-12(13)16)8-2-4-10(17)5-3-8/h2-7H,17H2,1H3. The number of nitrogen functional groups attached to an aromatic ring is 1. The summed E-state index contributed by atoms with van der Waals surface area (Å²) in [6, 6.07) is 8.70. The second kappa shape index (κ2) is 5.06. The predicted molar refractivity (Wildman–Crippen MR) is 67.5 cm³/mol. The van der Waals surface area contributed by atoms with E-state index in [9.17, 15) is 13.6 Å². The van der Waals surface area contributed by atoms with Crippen LogP contribution in [0.1, 0.15) is 10.4 Å². The zero-order chi connectivity index (χ0) is 14.0. The van der Waals surface area contributed by atoms with Gasteiger partial charge in [0, 0.05) is 5.69 Å². The van der Waals surface area contributed by atoms with E-state index in [4.69, 9.17) is 5.73 Å². The molecule has 0 saturated carbocycles. The summed E-state index contributed by atoms with van der Waals surface area (Å²) in [5, 5.41) is 0. The summed E-state index contributed by atoms with van der Waals surface area (Å²) in [7, 11) is 1.06. The topological polar surface area (TPSA) is 52.3 Å². The molecule has 0 amide bonds. The number of anilines is 1. The molecule has 0 aromatic heterocycles. The minimum Gasteiger partial charge on any atom is -0.465 e. The van der Waals surface area contributed by atoms with E-state index in [1.165, 1.54) is 0 Å². The van der Waals surface area contributed by atoms with Crippen LogP contribution in [0.2, 0.25) is 0 Å². The molecule has 0 saturated heterocycles. The second-order valence-electron chi connectivity index (χ2n) is 3.93. The number of nitrogens with two attached hydrogens (primary N) is 1. The van der Waals surface area contributed by atoms with Crippen LogP contribution in [0, 0.1) is 11.6 Å². The summed E-state index contributed by atoms with van der Waals surface area (Å²) in [5.74, 6) is -2.96. The molecule has 0 fully saturated rings. The molecule has 2 aromatic rings. The summed E-state index contributed by atoms with van der Waals surface area (Å²) in [5.41, 5.74) is 6.32. The number of rotatable bonds is 2. The zero-order valence-electron chi connectivity index (χ0n) is 10.1. The highest BCUT2D eigenvalue weighted by Crippen LogP contribution is 2.25. The molecule has 0 unspecified atom stereocenters. The highest BCUT2D eigenvalue weighted by molar-refractivity contribution is 5.90. The molecular weight excluding hydrogens is 252 g/mol. The first-order valence-electron chi connectivity index (χ1n) is 5.46. The number of hydrogen-bond donors (Lipinski definition) is 1. The molecule has 3 nitrogen and oxygen atoms in total. The van der Waals surface area contributed by atoms with Crippen LogP contribution >= 0.6 is 0 Å². The van der Waals surface area contributed by atoms with Gasteiger partial charge in [0.05, 0.1) is 7.11 Å². The number of methoxy groups -OCH3 is 1. The zero-order valence-corrected chi connectivity index (χ0v) is 10.1. The third-order valence-electron chi connectivity index (χ3n) is 2.68. The Morgan fingerprint density at radius 1 is 1.05 bits per heavy atom. The molecule has 0 bridgehead atoms. The van der Waals surface area contributed by atoms with Gasteiger partial charge < -0.3 is 10.5 Å².